The molecule has 1 amide bonds. The van der Waals surface area contributed by atoms with Crippen molar-refractivity contribution in [1.82, 2.24) is 4.98 Å². The Morgan fingerprint density at radius 2 is 2.14 bits per heavy atom. The number of hydrogen-bond acceptors (Lipinski definition) is 5. The molecule has 0 aromatic carbocycles. The largest absolute Gasteiger partial charge is 0.481 e. The number of ether oxygens (including phenoxy) is 1. The average molecular weight is 347 g/mol. The number of aliphatic carboxylic acids is 1. The van der Waals surface area contributed by atoms with Gasteiger partial charge in [0.1, 0.15) is 10.8 Å². The Bertz CT molecular complexity index is 569. The monoisotopic (exact) mass is 346 g/mol. The van der Waals surface area contributed by atoms with Crippen molar-refractivity contribution in [3.63, 3.8) is 0 Å². The molecule has 2 rings (SSSR count). The molecule has 1 aromatic rings. The minimum Gasteiger partial charge on any atom is -0.481 e. The number of thiazole rings is 1. The summed E-state index contributed by atoms with van der Waals surface area (Å²) in [5.41, 5.74) is -0.638. The van der Waals surface area contributed by atoms with Gasteiger partial charge in [0.15, 0.2) is 5.13 Å². The van der Waals surface area contributed by atoms with Crippen LogP contribution >= 0.6 is 22.9 Å². The first-order valence-corrected chi connectivity index (χ1v) is 8.29. The van der Waals surface area contributed by atoms with Crippen molar-refractivity contribution in [2.45, 2.75) is 51.7 Å². The van der Waals surface area contributed by atoms with Crippen molar-refractivity contribution in [3.05, 3.63) is 10.5 Å². The summed E-state index contributed by atoms with van der Waals surface area (Å²) in [4.78, 5) is 29.2. The van der Waals surface area contributed by atoms with Crippen LogP contribution in [0.5, 0.6) is 0 Å². The van der Waals surface area contributed by atoms with Crippen LogP contribution in [0.1, 0.15) is 40.0 Å². The zero-order valence-electron chi connectivity index (χ0n) is 12.7. The fourth-order valence-electron chi connectivity index (χ4n) is 2.47. The molecular weight excluding hydrogens is 328 g/mol. The molecule has 122 valence electrons. The van der Waals surface area contributed by atoms with Gasteiger partial charge in [0, 0.05) is 11.4 Å². The highest BCUT2D eigenvalue weighted by molar-refractivity contribution is 7.14. The highest BCUT2D eigenvalue weighted by Crippen LogP contribution is 2.35. The van der Waals surface area contributed by atoms with Crippen LogP contribution in [-0.4, -0.2) is 33.8 Å². The summed E-state index contributed by atoms with van der Waals surface area (Å²) in [6, 6.07) is -0.238. The lowest BCUT2D eigenvalue weighted by molar-refractivity contribution is -0.141. The Morgan fingerprint density at radius 3 is 2.59 bits per heavy atom. The van der Waals surface area contributed by atoms with E-state index in [4.69, 9.17) is 21.4 Å². The molecule has 1 N–H and O–H groups in total. The number of rotatable bonds is 3. The van der Waals surface area contributed by atoms with Crippen molar-refractivity contribution in [2.24, 2.45) is 5.92 Å². The van der Waals surface area contributed by atoms with Gasteiger partial charge in [-0.25, -0.2) is 14.7 Å². The van der Waals surface area contributed by atoms with Crippen LogP contribution < -0.4 is 4.90 Å². The molecule has 0 radical (unpaired) electrons. The number of nitrogens with zero attached hydrogens (tertiary/aromatic N) is 2. The zero-order chi connectivity index (χ0) is 16.5. The van der Waals surface area contributed by atoms with E-state index >= 15 is 0 Å². The smallest absolute Gasteiger partial charge is 0.416 e. The summed E-state index contributed by atoms with van der Waals surface area (Å²) >= 11 is 7.10. The highest BCUT2D eigenvalue weighted by Gasteiger charge is 2.38. The first-order valence-electron chi connectivity index (χ1n) is 7.03. The predicted octanol–water partition coefficient (Wildman–Crippen LogP) is 3.79. The van der Waals surface area contributed by atoms with Gasteiger partial charge in [-0.15, -0.1) is 11.3 Å². The lowest BCUT2D eigenvalue weighted by Crippen LogP contribution is -2.42. The maximum absolute atomic E-state index is 12.5. The summed E-state index contributed by atoms with van der Waals surface area (Å²) in [5.74, 6) is -1.27. The van der Waals surface area contributed by atoms with Crippen molar-refractivity contribution in [3.8, 4) is 0 Å². The van der Waals surface area contributed by atoms with Crippen LogP contribution in [0.25, 0.3) is 0 Å². The number of hydrogen-bond donors (Lipinski definition) is 1. The van der Waals surface area contributed by atoms with E-state index in [9.17, 15) is 9.59 Å². The second-order valence-corrected chi connectivity index (χ2v) is 7.53. The molecule has 1 saturated carbocycles. The van der Waals surface area contributed by atoms with Crippen molar-refractivity contribution < 1.29 is 19.4 Å². The summed E-state index contributed by atoms with van der Waals surface area (Å²) in [6.45, 7) is 5.35. The first kappa shape index (κ1) is 17.0. The van der Waals surface area contributed by atoms with Crippen molar-refractivity contribution >= 4 is 40.1 Å². The van der Waals surface area contributed by atoms with Crippen LogP contribution in [0.4, 0.5) is 9.93 Å². The maximum Gasteiger partial charge on any atom is 0.416 e. The lowest BCUT2D eigenvalue weighted by Gasteiger charge is -2.29. The molecule has 0 saturated heterocycles. The molecule has 0 bridgehead atoms. The Labute approximate surface area is 138 Å². The van der Waals surface area contributed by atoms with E-state index in [1.807, 2.05) is 0 Å². The Hall–Kier alpha value is -1.34. The van der Waals surface area contributed by atoms with Gasteiger partial charge in [-0.3, -0.25) is 4.79 Å². The van der Waals surface area contributed by atoms with Crippen LogP contribution in [-0.2, 0) is 9.53 Å². The van der Waals surface area contributed by atoms with Gasteiger partial charge < -0.3 is 9.84 Å². The van der Waals surface area contributed by atoms with Gasteiger partial charge in [0.25, 0.3) is 0 Å². The van der Waals surface area contributed by atoms with Gasteiger partial charge >= 0.3 is 12.1 Å². The van der Waals surface area contributed by atoms with Gasteiger partial charge in [0.2, 0.25) is 0 Å². The molecule has 1 aromatic heterocycles. The summed E-state index contributed by atoms with van der Waals surface area (Å²) in [7, 11) is 0. The normalized spacial score (nSPS) is 21.6. The highest BCUT2D eigenvalue weighted by atomic mass is 35.5. The van der Waals surface area contributed by atoms with Crippen LogP contribution in [0.2, 0.25) is 5.15 Å². The van der Waals surface area contributed by atoms with Gasteiger partial charge in [-0.05, 0) is 40.0 Å². The third kappa shape index (κ3) is 4.10. The Balaban J connectivity index is 2.23. The minimum atomic E-state index is -0.830. The van der Waals surface area contributed by atoms with E-state index in [0.717, 1.165) is 0 Å². The average Bonchev–Trinajstić information content (AvgIpc) is 2.97. The molecular formula is C14H19ClN2O4S. The Morgan fingerprint density at radius 1 is 1.45 bits per heavy atom. The van der Waals surface area contributed by atoms with Crippen molar-refractivity contribution in [2.75, 3.05) is 4.90 Å². The molecule has 6 nitrogen and oxygen atoms in total. The van der Waals surface area contributed by atoms with E-state index < -0.39 is 23.6 Å². The summed E-state index contributed by atoms with van der Waals surface area (Å²) in [6.07, 6.45) is 1.02. The van der Waals surface area contributed by atoms with Gasteiger partial charge in [0.05, 0.1) is 5.92 Å². The molecule has 1 heterocycles. The molecule has 1 fully saturated rings. The maximum atomic E-state index is 12.5. The number of carbonyl (C=O) groups excluding carboxylic acids is 1. The van der Waals surface area contributed by atoms with Gasteiger partial charge in [-0.2, -0.15) is 0 Å². The number of anilines is 1. The molecule has 2 atom stereocenters. The number of aromatic nitrogens is 1. The van der Waals surface area contributed by atoms with E-state index in [1.54, 1.807) is 26.2 Å². The zero-order valence-corrected chi connectivity index (χ0v) is 14.3. The minimum absolute atomic E-state index is 0.238. The van der Waals surface area contributed by atoms with Crippen molar-refractivity contribution in [1.29, 1.82) is 0 Å². The van der Waals surface area contributed by atoms with E-state index in [2.05, 4.69) is 4.98 Å². The lowest BCUT2D eigenvalue weighted by atomic mass is 10.1. The fraction of sp³-hybridized carbons (Fsp3) is 0.643. The molecule has 8 heteroatoms. The summed E-state index contributed by atoms with van der Waals surface area (Å²) < 4.78 is 5.43. The van der Waals surface area contributed by atoms with Crippen LogP contribution in [0.3, 0.4) is 0 Å². The number of carboxylic acid groups (broad SMARTS) is 1. The Kier molecular flexibility index (Phi) is 4.97. The number of carbonyl (C=O) groups is 2. The predicted molar refractivity (Wildman–Crippen MR) is 84.6 cm³/mol. The molecule has 0 aliphatic heterocycles. The second kappa shape index (κ2) is 6.42. The first-order chi connectivity index (χ1) is 10.2. The number of halogens is 1. The van der Waals surface area contributed by atoms with Crippen LogP contribution in [0, 0.1) is 5.92 Å². The molecule has 1 aliphatic rings. The molecule has 22 heavy (non-hydrogen) atoms. The fourth-order valence-corrected chi connectivity index (χ4v) is 3.47. The van der Waals surface area contributed by atoms with Crippen LogP contribution in [0.15, 0.2) is 5.38 Å². The molecule has 0 unspecified atom stereocenters. The van der Waals surface area contributed by atoms with E-state index in [0.29, 0.717) is 29.5 Å². The standard InChI is InChI=1S/C14H19ClN2O4S/c1-14(2,3)21-13(20)17(12-16-10(15)7-22-12)9-5-4-8(6-9)11(18)19/h7-9H,4-6H2,1-3H3,(H,18,19)/t8-,9+/m1/s1. The topological polar surface area (TPSA) is 79.7 Å². The quantitative estimate of drug-likeness (QED) is 0.900. The SMILES string of the molecule is CC(C)(C)OC(=O)N(c1nc(Cl)cs1)[C@H]1CC[C@@H](C(=O)O)C1. The van der Waals surface area contributed by atoms with E-state index in [1.165, 1.54) is 16.2 Å². The summed E-state index contributed by atoms with van der Waals surface area (Å²) in [5, 5.41) is 11.5. The molecule has 0 spiro atoms. The number of amides is 1. The number of carboxylic acids is 1. The third-order valence-electron chi connectivity index (χ3n) is 3.38. The van der Waals surface area contributed by atoms with Gasteiger partial charge in [-0.1, -0.05) is 11.6 Å². The second-order valence-electron chi connectivity index (χ2n) is 6.31. The third-order valence-corrected chi connectivity index (χ3v) is 4.54. The van der Waals surface area contributed by atoms with E-state index in [-0.39, 0.29) is 6.04 Å². The molecule has 1 aliphatic carbocycles.